The van der Waals surface area contributed by atoms with E-state index < -0.39 is 14.6 Å². The smallest absolute Gasteiger partial charge is 0.171 e. The van der Waals surface area contributed by atoms with Crippen molar-refractivity contribution in [2.24, 2.45) is 5.41 Å². The summed E-state index contributed by atoms with van der Waals surface area (Å²) in [6, 6.07) is 16.3. The van der Waals surface area contributed by atoms with Gasteiger partial charge in [0.1, 0.15) is 11.4 Å². The lowest BCUT2D eigenvalue weighted by molar-refractivity contribution is -0.0887. The molecule has 3 rings (SSSR count). The van der Waals surface area contributed by atoms with Crippen LogP contribution in [0.4, 0.5) is 0 Å². The Balaban J connectivity index is 2.15. The molecule has 1 aliphatic heterocycles. The molecule has 0 amide bonds. The number of nitriles is 1. The number of hydrogen-bond donors (Lipinski definition) is 0. The molecule has 2 atom stereocenters. The molecule has 1 aliphatic rings. The van der Waals surface area contributed by atoms with E-state index in [0.29, 0.717) is 12.2 Å². The Bertz CT molecular complexity index is 911. The van der Waals surface area contributed by atoms with Crippen LogP contribution in [-0.4, -0.2) is 22.3 Å². The molecule has 0 saturated carbocycles. The van der Waals surface area contributed by atoms with E-state index in [-0.39, 0.29) is 11.5 Å². The van der Waals surface area contributed by atoms with E-state index in [4.69, 9.17) is 13.9 Å². The highest BCUT2D eigenvalue weighted by molar-refractivity contribution is 6.48. The molecular formula is C25H33NO3Si. The molecule has 2 aromatic rings. The first-order chi connectivity index (χ1) is 14.2. The highest BCUT2D eigenvalue weighted by Gasteiger charge is 2.49. The third-order valence-electron chi connectivity index (χ3n) is 5.66. The van der Waals surface area contributed by atoms with E-state index >= 15 is 0 Å². The van der Waals surface area contributed by atoms with Gasteiger partial charge in [0.25, 0.3) is 0 Å². The van der Waals surface area contributed by atoms with Gasteiger partial charge >= 0.3 is 0 Å². The van der Waals surface area contributed by atoms with Crippen LogP contribution in [0.5, 0.6) is 5.75 Å². The quantitative estimate of drug-likeness (QED) is 0.549. The fourth-order valence-corrected chi connectivity index (χ4v) is 5.19. The van der Waals surface area contributed by atoms with Crippen molar-refractivity contribution in [1.82, 2.24) is 0 Å². The van der Waals surface area contributed by atoms with Gasteiger partial charge in [-0.2, -0.15) is 5.26 Å². The largest absolute Gasteiger partial charge is 0.497 e. The molecule has 0 spiro atoms. The maximum Gasteiger partial charge on any atom is 0.171 e. The molecule has 0 bridgehead atoms. The van der Waals surface area contributed by atoms with Crippen LogP contribution in [0.1, 0.15) is 55.9 Å². The topological polar surface area (TPSA) is 51.5 Å². The second kappa shape index (κ2) is 8.93. The second-order valence-corrected chi connectivity index (χ2v) is 11.9. The lowest BCUT2D eigenvalue weighted by Crippen LogP contribution is -2.44. The summed E-state index contributed by atoms with van der Waals surface area (Å²) in [6.07, 6.45) is 1.84. The predicted octanol–water partition coefficient (Wildman–Crippen LogP) is 5.54. The summed E-state index contributed by atoms with van der Waals surface area (Å²) in [4.78, 5) is 0. The maximum absolute atomic E-state index is 9.35. The van der Waals surface area contributed by atoms with Gasteiger partial charge in [-0.3, -0.25) is 0 Å². The van der Waals surface area contributed by atoms with Gasteiger partial charge in [-0.05, 0) is 72.3 Å². The van der Waals surface area contributed by atoms with Crippen LogP contribution in [-0.2, 0) is 21.4 Å². The molecule has 1 heterocycles. The lowest BCUT2D eigenvalue weighted by Gasteiger charge is -2.40. The summed E-state index contributed by atoms with van der Waals surface area (Å²) in [5.41, 5.74) is 3.43. The van der Waals surface area contributed by atoms with Crippen molar-refractivity contribution in [3.8, 4) is 11.8 Å². The van der Waals surface area contributed by atoms with Crippen LogP contribution in [0.2, 0.25) is 13.1 Å². The van der Waals surface area contributed by atoms with Gasteiger partial charge in [-0.1, -0.05) is 39.0 Å². The average molecular weight is 424 g/mol. The zero-order chi connectivity index (χ0) is 21.9. The van der Waals surface area contributed by atoms with Crippen LogP contribution in [0.25, 0.3) is 0 Å². The Morgan fingerprint density at radius 2 is 1.87 bits per heavy atom. The Morgan fingerprint density at radius 3 is 2.43 bits per heavy atom. The van der Waals surface area contributed by atoms with E-state index in [0.717, 1.165) is 35.3 Å². The fraction of sp³-hybridized carbons (Fsp3) is 0.480. The minimum Gasteiger partial charge on any atom is -0.497 e. The third kappa shape index (κ3) is 4.62. The van der Waals surface area contributed by atoms with Crippen LogP contribution in [0.15, 0.2) is 42.5 Å². The molecule has 2 aromatic carbocycles. The molecule has 160 valence electrons. The summed E-state index contributed by atoms with van der Waals surface area (Å²) in [5, 5.41) is 9.35. The molecule has 0 radical (unpaired) electrons. The van der Waals surface area contributed by atoms with Crippen molar-refractivity contribution in [1.29, 1.82) is 5.26 Å². The van der Waals surface area contributed by atoms with Crippen LogP contribution in [0.3, 0.4) is 0 Å². The van der Waals surface area contributed by atoms with Crippen molar-refractivity contribution in [2.45, 2.75) is 65.0 Å². The van der Waals surface area contributed by atoms with E-state index in [2.05, 4.69) is 58.1 Å². The molecule has 30 heavy (non-hydrogen) atoms. The minimum atomic E-state index is -1.34. The maximum atomic E-state index is 9.35. The van der Waals surface area contributed by atoms with Gasteiger partial charge in [0, 0.05) is 0 Å². The van der Waals surface area contributed by atoms with Crippen LogP contribution >= 0.6 is 0 Å². The van der Waals surface area contributed by atoms with Crippen molar-refractivity contribution in [2.75, 3.05) is 7.11 Å². The summed E-state index contributed by atoms with van der Waals surface area (Å²) in [7, 11) is 0.335. The molecule has 4 nitrogen and oxygen atoms in total. The number of methoxy groups -OCH3 is 1. The van der Waals surface area contributed by atoms with E-state index in [9.17, 15) is 5.26 Å². The molecule has 0 fully saturated rings. The monoisotopic (exact) mass is 423 g/mol. The molecule has 0 saturated heterocycles. The summed E-state index contributed by atoms with van der Waals surface area (Å²) in [5.74, 6) is 0.817. The van der Waals surface area contributed by atoms with Crippen molar-refractivity contribution >= 4 is 9.04 Å². The molecule has 2 unspecified atom stereocenters. The first-order valence-electron chi connectivity index (χ1n) is 10.7. The highest BCUT2D eigenvalue weighted by atomic mass is 28.3. The van der Waals surface area contributed by atoms with Crippen LogP contribution in [0, 0.1) is 16.7 Å². The second-order valence-electron chi connectivity index (χ2n) is 9.51. The normalized spacial score (nSPS) is 19.4. The van der Waals surface area contributed by atoms with Gasteiger partial charge in [0.15, 0.2) is 9.04 Å². The Morgan fingerprint density at radius 1 is 1.17 bits per heavy atom. The van der Waals surface area contributed by atoms with E-state index in [1.165, 1.54) is 0 Å². The molecular weight excluding hydrogens is 390 g/mol. The van der Waals surface area contributed by atoms with Crippen molar-refractivity contribution in [3.63, 3.8) is 0 Å². The first kappa shape index (κ1) is 22.5. The Kier molecular flexibility index (Phi) is 6.71. The summed E-state index contributed by atoms with van der Waals surface area (Å²) < 4.78 is 18.7. The van der Waals surface area contributed by atoms with Crippen molar-refractivity contribution in [3.05, 3.63) is 64.7 Å². The summed E-state index contributed by atoms with van der Waals surface area (Å²) in [6.45, 7) is 11.7. The number of hydrogen-bond acceptors (Lipinski definition) is 4. The Labute approximate surface area is 182 Å². The number of fused-ring (bicyclic) bond motifs is 1. The van der Waals surface area contributed by atoms with Gasteiger partial charge in [0.2, 0.25) is 0 Å². The van der Waals surface area contributed by atoms with Gasteiger partial charge in [-0.25, -0.2) is 0 Å². The first-order valence-corrected chi connectivity index (χ1v) is 13.4. The average Bonchev–Trinajstić information content (AvgIpc) is 3.09. The standard InChI is InChI=1S/C25H33NO3Si/c1-24(2,3)14-13-23(29-30(5)6)25(20-8-10-21(27-4)11-9-20)22-12-7-18(16-26)15-19(22)17-28-25/h7-12,15,23,30H,13-14,17H2,1-6H3. The van der Waals surface area contributed by atoms with Gasteiger partial charge in [-0.15, -0.1) is 0 Å². The van der Waals surface area contributed by atoms with E-state index in [1.807, 2.05) is 24.3 Å². The SMILES string of the molecule is COc1ccc(C2(C(CCC(C)(C)C)O[SiH](C)C)OCc3cc(C#N)ccc32)cc1. The number of benzene rings is 2. The van der Waals surface area contributed by atoms with Gasteiger partial charge in [0.05, 0.1) is 31.5 Å². The summed E-state index contributed by atoms with van der Waals surface area (Å²) >= 11 is 0. The zero-order valence-corrected chi connectivity index (χ0v) is 20.1. The Hall–Kier alpha value is -2.13. The van der Waals surface area contributed by atoms with Gasteiger partial charge < -0.3 is 13.9 Å². The number of nitrogens with zero attached hydrogens (tertiary/aromatic N) is 1. The fourth-order valence-electron chi connectivity index (χ4n) is 4.20. The van der Waals surface area contributed by atoms with Crippen LogP contribution < -0.4 is 4.74 Å². The minimum absolute atomic E-state index is 0.0917. The molecule has 0 aromatic heterocycles. The highest BCUT2D eigenvalue weighted by Crippen LogP contribution is 2.48. The zero-order valence-electron chi connectivity index (χ0n) is 19.0. The molecule has 0 N–H and O–H groups in total. The molecule has 0 aliphatic carbocycles. The lowest BCUT2D eigenvalue weighted by atomic mass is 9.77. The predicted molar refractivity (Wildman–Crippen MR) is 122 cm³/mol. The molecule has 5 heteroatoms. The third-order valence-corrected chi connectivity index (χ3v) is 6.53. The van der Waals surface area contributed by atoms with E-state index in [1.54, 1.807) is 7.11 Å². The van der Waals surface area contributed by atoms with Crippen molar-refractivity contribution < 1.29 is 13.9 Å². The number of ether oxygens (including phenoxy) is 2. The number of rotatable bonds is 7.